The van der Waals surface area contributed by atoms with Gasteiger partial charge in [0.05, 0.1) is 19.3 Å². The van der Waals surface area contributed by atoms with E-state index in [0.717, 1.165) is 37.6 Å². The molecule has 1 aromatic rings. The second kappa shape index (κ2) is 7.73. The Labute approximate surface area is 132 Å². The first-order valence-corrected chi connectivity index (χ1v) is 7.73. The maximum Gasteiger partial charge on any atom is 0.129 e. The van der Waals surface area contributed by atoms with Crippen molar-refractivity contribution < 1.29 is 9.47 Å². The van der Waals surface area contributed by atoms with Gasteiger partial charge in [0, 0.05) is 20.2 Å². The number of nitrogens with zero attached hydrogens (tertiary/aromatic N) is 1. The van der Waals surface area contributed by atoms with E-state index in [2.05, 4.69) is 11.0 Å². The van der Waals surface area contributed by atoms with E-state index in [1.807, 2.05) is 12.1 Å². The Balaban J connectivity index is 2.05. The minimum absolute atomic E-state index is 0.379. The van der Waals surface area contributed by atoms with Crippen LogP contribution in [0, 0.1) is 5.92 Å². The Bertz CT molecular complexity index is 491. The lowest BCUT2D eigenvalue weighted by molar-refractivity contribution is 0.0874. The average molecular weight is 308 g/mol. The number of ether oxygens (including phenoxy) is 2. The zero-order valence-electron chi connectivity index (χ0n) is 12.8. The summed E-state index contributed by atoms with van der Waals surface area (Å²) < 4.78 is 10.6. The number of hydrogen-bond donors (Lipinski definition) is 1. The molecule has 1 atom stereocenters. The first kappa shape index (κ1) is 16.2. The summed E-state index contributed by atoms with van der Waals surface area (Å²) in [6.45, 7) is 3.98. The van der Waals surface area contributed by atoms with E-state index in [1.54, 1.807) is 14.2 Å². The zero-order chi connectivity index (χ0) is 15.2. The number of piperidine rings is 1. The summed E-state index contributed by atoms with van der Waals surface area (Å²) in [4.78, 5) is 2.85. The zero-order valence-corrected chi connectivity index (χ0v) is 13.6. The van der Waals surface area contributed by atoms with E-state index in [1.165, 1.54) is 18.4 Å². The fraction of sp³-hybridized carbons (Fsp3) is 0.562. The summed E-state index contributed by atoms with van der Waals surface area (Å²) in [5.74, 6) is 1.37. The van der Waals surface area contributed by atoms with Crippen LogP contribution in [0.3, 0.4) is 0 Å². The Hall–Kier alpha value is -1.17. The molecule has 2 rings (SSSR count). The van der Waals surface area contributed by atoms with Gasteiger partial charge in [-0.25, -0.2) is 0 Å². The topological polar surface area (TPSA) is 47.7 Å². The van der Waals surface area contributed by atoms with Crippen LogP contribution in [0.15, 0.2) is 18.2 Å². The first-order valence-electron chi connectivity index (χ1n) is 7.32. The Kier molecular flexibility index (Phi) is 5.96. The summed E-state index contributed by atoms with van der Waals surface area (Å²) in [5, 5.41) is 0. The van der Waals surface area contributed by atoms with Crippen LogP contribution in [0.1, 0.15) is 24.0 Å². The molecular formula is C16H24N2O2S. The van der Waals surface area contributed by atoms with Gasteiger partial charge in [0.1, 0.15) is 10.7 Å². The highest BCUT2D eigenvalue weighted by Crippen LogP contribution is 2.23. The molecule has 2 N–H and O–H groups in total. The molecule has 0 amide bonds. The number of methoxy groups -OCH3 is 2. The quantitative estimate of drug-likeness (QED) is 0.816. The van der Waals surface area contributed by atoms with E-state index in [0.29, 0.717) is 10.9 Å². The van der Waals surface area contributed by atoms with Crippen LogP contribution in [-0.2, 0) is 11.3 Å². The van der Waals surface area contributed by atoms with Gasteiger partial charge in [0.25, 0.3) is 0 Å². The molecule has 0 aliphatic carbocycles. The molecule has 0 spiro atoms. The van der Waals surface area contributed by atoms with Gasteiger partial charge in [-0.1, -0.05) is 18.3 Å². The third-order valence-corrected chi connectivity index (χ3v) is 4.16. The molecule has 1 saturated heterocycles. The molecule has 1 unspecified atom stereocenters. The van der Waals surface area contributed by atoms with Crippen LogP contribution in [-0.4, -0.2) is 43.8 Å². The second-order valence-electron chi connectivity index (χ2n) is 5.60. The predicted molar refractivity (Wildman–Crippen MR) is 88.8 cm³/mol. The number of benzene rings is 1. The van der Waals surface area contributed by atoms with Gasteiger partial charge in [-0.2, -0.15) is 0 Å². The van der Waals surface area contributed by atoms with Crippen LogP contribution in [0.4, 0.5) is 0 Å². The lowest BCUT2D eigenvalue weighted by atomic mass is 9.98. The molecule has 1 aromatic carbocycles. The lowest BCUT2D eigenvalue weighted by Gasteiger charge is -2.32. The Morgan fingerprint density at radius 3 is 2.90 bits per heavy atom. The van der Waals surface area contributed by atoms with Crippen molar-refractivity contribution in [3.05, 3.63) is 29.3 Å². The van der Waals surface area contributed by atoms with Crippen LogP contribution >= 0.6 is 12.2 Å². The summed E-state index contributed by atoms with van der Waals surface area (Å²) in [6.07, 6.45) is 2.48. The van der Waals surface area contributed by atoms with E-state index in [9.17, 15) is 0 Å². The largest absolute Gasteiger partial charge is 0.496 e. The molecule has 1 heterocycles. The van der Waals surface area contributed by atoms with Crippen LogP contribution in [0.25, 0.3) is 0 Å². The number of likely N-dealkylation sites (tertiary alicyclic amines) is 1. The van der Waals surface area contributed by atoms with Gasteiger partial charge < -0.3 is 15.2 Å². The van der Waals surface area contributed by atoms with Gasteiger partial charge >= 0.3 is 0 Å². The van der Waals surface area contributed by atoms with E-state index in [4.69, 9.17) is 27.4 Å². The molecule has 1 aliphatic rings. The fourth-order valence-electron chi connectivity index (χ4n) is 2.97. The monoisotopic (exact) mass is 308 g/mol. The Morgan fingerprint density at radius 1 is 1.43 bits per heavy atom. The maximum absolute atomic E-state index is 5.78. The summed E-state index contributed by atoms with van der Waals surface area (Å²) in [6, 6.07) is 6.07. The molecule has 4 nitrogen and oxygen atoms in total. The first-order chi connectivity index (χ1) is 10.1. The number of nitrogens with two attached hydrogens (primary N) is 1. The average Bonchev–Trinajstić information content (AvgIpc) is 2.48. The highest BCUT2D eigenvalue weighted by Gasteiger charge is 2.20. The molecule has 5 heteroatoms. The minimum Gasteiger partial charge on any atom is -0.496 e. The van der Waals surface area contributed by atoms with Crippen molar-refractivity contribution in [1.82, 2.24) is 4.90 Å². The number of rotatable bonds is 6. The molecule has 0 saturated carbocycles. The minimum atomic E-state index is 0.379. The molecule has 0 aromatic heterocycles. The SMILES string of the molecule is COCC1CCCN(Cc2ccc(OC)c(C(N)=S)c2)C1. The highest BCUT2D eigenvalue weighted by atomic mass is 32.1. The van der Waals surface area contributed by atoms with Gasteiger partial charge in [-0.3, -0.25) is 4.90 Å². The van der Waals surface area contributed by atoms with Crippen molar-refractivity contribution >= 4 is 17.2 Å². The van der Waals surface area contributed by atoms with Crippen molar-refractivity contribution in [3.8, 4) is 5.75 Å². The summed E-state index contributed by atoms with van der Waals surface area (Å²) in [7, 11) is 3.41. The lowest BCUT2D eigenvalue weighted by Crippen LogP contribution is -2.36. The van der Waals surface area contributed by atoms with Crippen molar-refractivity contribution in [3.63, 3.8) is 0 Å². The highest BCUT2D eigenvalue weighted by molar-refractivity contribution is 7.80. The third-order valence-electron chi connectivity index (χ3n) is 3.94. The van der Waals surface area contributed by atoms with Crippen molar-refractivity contribution in [2.75, 3.05) is 33.9 Å². The molecule has 21 heavy (non-hydrogen) atoms. The molecule has 1 aliphatic heterocycles. The predicted octanol–water partition coefficient (Wildman–Crippen LogP) is 2.19. The van der Waals surface area contributed by atoms with E-state index >= 15 is 0 Å². The number of hydrogen-bond acceptors (Lipinski definition) is 4. The van der Waals surface area contributed by atoms with Gasteiger partial charge in [0.2, 0.25) is 0 Å². The van der Waals surface area contributed by atoms with Gasteiger partial charge in [-0.05, 0) is 43.0 Å². The number of thiocarbonyl (C=S) groups is 1. The van der Waals surface area contributed by atoms with Crippen LogP contribution in [0.5, 0.6) is 5.75 Å². The molecular weight excluding hydrogens is 284 g/mol. The molecule has 0 bridgehead atoms. The van der Waals surface area contributed by atoms with Gasteiger partial charge in [0.15, 0.2) is 0 Å². The standard InChI is InChI=1S/C16H24N2O2S/c1-19-11-13-4-3-7-18(10-13)9-12-5-6-15(20-2)14(8-12)16(17)21/h5-6,8,13H,3-4,7,9-11H2,1-2H3,(H2,17,21). The third kappa shape index (κ3) is 4.40. The summed E-state index contributed by atoms with van der Waals surface area (Å²) >= 11 is 5.10. The van der Waals surface area contributed by atoms with Crippen molar-refractivity contribution in [2.24, 2.45) is 11.7 Å². The van der Waals surface area contributed by atoms with Crippen molar-refractivity contribution in [2.45, 2.75) is 19.4 Å². The molecule has 0 radical (unpaired) electrons. The molecule has 1 fully saturated rings. The summed E-state index contributed by atoms with van der Waals surface area (Å²) in [5.41, 5.74) is 7.81. The smallest absolute Gasteiger partial charge is 0.129 e. The fourth-order valence-corrected chi connectivity index (χ4v) is 3.13. The maximum atomic E-state index is 5.78. The normalized spacial score (nSPS) is 19.4. The van der Waals surface area contributed by atoms with Crippen molar-refractivity contribution in [1.29, 1.82) is 0 Å². The van der Waals surface area contributed by atoms with E-state index in [-0.39, 0.29) is 0 Å². The Morgan fingerprint density at radius 2 is 2.24 bits per heavy atom. The van der Waals surface area contributed by atoms with Crippen LogP contribution in [0.2, 0.25) is 0 Å². The van der Waals surface area contributed by atoms with Gasteiger partial charge in [-0.15, -0.1) is 0 Å². The van der Waals surface area contributed by atoms with Crippen LogP contribution < -0.4 is 10.5 Å². The second-order valence-corrected chi connectivity index (χ2v) is 6.04. The molecule has 116 valence electrons. The van der Waals surface area contributed by atoms with E-state index < -0.39 is 0 Å².